The van der Waals surface area contributed by atoms with Gasteiger partial charge in [0.15, 0.2) is 0 Å². The van der Waals surface area contributed by atoms with Crippen LogP contribution in [0, 0.1) is 5.82 Å². The van der Waals surface area contributed by atoms with Crippen LogP contribution in [0.3, 0.4) is 0 Å². The summed E-state index contributed by atoms with van der Waals surface area (Å²) >= 11 is 5.46. The van der Waals surface area contributed by atoms with E-state index in [0.29, 0.717) is 13.2 Å². The minimum atomic E-state index is -5.10. The number of carbonyl (C=O) groups excluding carboxylic acids is 1. The Morgan fingerprint density at radius 2 is 1.95 bits per heavy atom. The zero-order chi connectivity index (χ0) is 15.6. The van der Waals surface area contributed by atoms with E-state index in [1.54, 1.807) is 0 Å². The number of halogens is 5. The highest BCUT2D eigenvalue weighted by molar-refractivity contribution is 6.30. The normalized spacial score (nSPS) is 14.8. The number of rotatable bonds is 4. The lowest BCUT2D eigenvalue weighted by Crippen LogP contribution is -2.51. The zero-order valence-corrected chi connectivity index (χ0v) is 11.3. The SMILES string of the molecule is CCOC(=O)C(OC)(c1ccc(F)c(Cl)c1)C(F)(F)F. The molecule has 1 rings (SSSR count). The minimum absolute atomic E-state index is 0.269. The number of carbonyl (C=O) groups is 1. The maximum Gasteiger partial charge on any atom is 0.432 e. The first kappa shape index (κ1) is 16.7. The average molecular weight is 315 g/mol. The summed E-state index contributed by atoms with van der Waals surface area (Å²) in [6.07, 6.45) is -5.10. The lowest BCUT2D eigenvalue weighted by Gasteiger charge is -2.32. The van der Waals surface area contributed by atoms with Gasteiger partial charge in [0.05, 0.1) is 11.6 Å². The molecule has 3 nitrogen and oxygen atoms in total. The standard InChI is InChI=1S/C12H11ClF4O3/c1-3-20-10(18)11(19-2,12(15,16)17)7-4-5-9(14)8(13)6-7/h4-6H,3H2,1-2H3. The molecule has 0 heterocycles. The van der Waals surface area contributed by atoms with E-state index in [9.17, 15) is 22.4 Å². The predicted molar refractivity (Wildman–Crippen MR) is 62.8 cm³/mol. The van der Waals surface area contributed by atoms with E-state index >= 15 is 0 Å². The summed E-state index contributed by atoms with van der Waals surface area (Å²) in [6.45, 7) is 1.08. The fourth-order valence-electron chi connectivity index (χ4n) is 1.66. The predicted octanol–water partition coefficient (Wildman–Crippen LogP) is 3.45. The molecule has 1 unspecified atom stereocenters. The van der Waals surface area contributed by atoms with E-state index in [1.807, 2.05) is 0 Å². The van der Waals surface area contributed by atoms with Crippen molar-refractivity contribution in [2.24, 2.45) is 0 Å². The van der Waals surface area contributed by atoms with Gasteiger partial charge in [-0.2, -0.15) is 13.2 Å². The van der Waals surface area contributed by atoms with E-state index in [4.69, 9.17) is 11.6 Å². The molecule has 1 aromatic rings. The molecule has 0 radical (unpaired) electrons. The molecule has 20 heavy (non-hydrogen) atoms. The third kappa shape index (κ3) is 2.73. The topological polar surface area (TPSA) is 35.5 Å². The summed E-state index contributed by atoms with van der Waals surface area (Å²) in [7, 11) is 0.710. The molecule has 0 aliphatic heterocycles. The number of esters is 1. The molecule has 0 bridgehead atoms. The van der Waals surface area contributed by atoms with Gasteiger partial charge >= 0.3 is 12.1 Å². The smallest absolute Gasteiger partial charge is 0.432 e. The first-order valence-electron chi connectivity index (χ1n) is 5.45. The van der Waals surface area contributed by atoms with Gasteiger partial charge in [-0.25, -0.2) is 9.18 Å². The van der Waals surface area contributed by atoms with Gasteiger partial charge in [-0.3, -0.25) is 0 Å². The second-order valence-corrected chi connectivity index (χ2v) is 4.14. The number of ether oxygens (including phenoxy) is 2. The summed E-state index contributed by atoms with van der Waals surface area (Å²) in [4.78, 5) is 11.7. The van der Waals surface area contributed by atoms with Crippen LogP contribution < -0.4 is 0 Å². The molecule has 0 fully saturated rings. The second-order valence-electron chi connectivity index (χ2n) is 3.73. The Morgan fingerprint density at radius 1 is 1.35 bits per heavy atom. The Labute approximate surface area is 117 Å². The van der Waals surface area contributed by atoms with Crippen molar-refractivity contribution >= 4 is 17.6 Å². The highest BCUT2D eigenvalue weighted by atomic mass is 35.5. The van der Waals surface area contributed by atoms with Gasteiger partial charge in [-0.1, -0.05) is 17.7 Å². The average Bonchev–Trinajstić information content (AvgIpc) is 2.33. The Kier molecular flexibility index (Phi) is 4.99. The van der Waals surface area contributed by atoms with Gasteiger partial charge < -0.3 is 9.47 Å². The molecular formula is C12H11ClF4O3. The molecular weight excluding hydrogens is 304 g/mol. The summed E-state index contributed by atoms with van der Waals surface area (Å²) in [6, 6.07) is 2.18. The van der Waals surface area contributed by atoms with Crippen LogP contribution in [0.1, 0.15) is 12.5 Å². The number of benzene rings is 1. The van der Waals surface area contributed by atoms with Gasteiger partial charge in [0.25, 0.3) is 5.60 Å². The maximum absolute atomic E-state index is 13.3. The van der Waals surface area contributed by atoms with Crippen molar-refractivity contribution < 1.29 is 31.8 Å². The number of hydrogen-bond acceptors (Lipinski definition) is 3. The molecule has 0 saturated carbocycles. The number of methoxy groups -OCH3 is 1. The quantitative estimate of drug-likeness (QED) is 0.631. The number of alkyl halides is 3. The van der Waals surface area contributed by atoms with Crippen molar-refractivity contribution in [1.29, 1.82) is 0 Å². The van der Waals surface area contributed by atoms with E-state index in [0.717, 1.165) is 12.1 Å². The van der Waals surface area contributed by atoms with Crippen molar-refractivity contribution in [2.75, 3.05) is 13.7 Å². The van der Waals surface area contributed by atoms with Gasteiger partial charge in [-0.15, -0.1) is 0 Å². The monoisotopic (exact) mass is 314 g/mol. The highest BCUT2D eigenvalue weighted by Gasteiger charge is 2.64. The van der Waals surface area contributed by atoms with Crippen LogP contribution in [-0.4, -0.2) is 25.9 Å². The van der Waals surface area contributed by atoms with Crippen molar-refractivity contribution in [3.05, 3.63) is 34.6 Å². The fourth-order valence-corrected chi connectivity index (χ4v) is 1.84. The molecule has 0 aliphatic carbocycles. The molecule has 8 heteroatoms. The maximum atomic E-state index is 13.3. The van der Waals surface area contributed by atoms with E-state index in [1.165, 1.54) is 6.92 Å². The van der Waals surface area contributed by atoms with Crippen LogP contribution in [0.5, 0.6) is 0 Å². The molecule has 0 amide bonds. The van der Waals surface area contributed by atoms with E-state index in [2.05, 4.69) is 9.47 Å². The Balaban J connectivity index is 3.50. The molecule has 0 saturated heterocycles. The Morgan fingerprint density at radius 3 is 2.35 bits per heavy atom. The third-order valence-electron chi connectivity index (χ3n) is 2.59. The van der Waals surface area contributed by atoms with Crippen LogP contribution in [-0.2, 0) is 19.9 Å². The van der Waals surface area contributed by atoms with E-state index < -0.39 is 34.1 Å². The fraction of sp³-hybridized carbons (Fsp3) is 0.417. The van der Waals surface area contributed by atoms with Crippen molar-refractivity contribution in [3.8, 4) is 0 Å². The zero-order valence-electron chi connectivity index (χ0n) is 10.6. The van der Waals surface area contributed by atoms with Crippen molar-refractivity contribution in [2.45, 2.75) is 18.7 Å². The first-order valence-corrected chi connectivity index (χ1v) is 5.83. The lowest BCUT2D eigenvalue weighted by atomic mass is 9.92. The number of hydrogen-bond donors (Lipinski definition) is 0. The lowest BCUT2D eigenvalue weighted by molar-refractivity contribution is -0.276. The van der Waals surface area contributed by atoms with Crippen molar-refractivity contribution in [1.82, 2.24) is 0 Å². The summed E-state index contributed by atoms with van der Waals surface area (Å²) < 4.78 is 61.8. The molecule has 0 aliphatic rings. The minimum Gasteiger partial charge on any atom is -0.463 e. The largest absolute Gasteiger partial charge is 0.463 e. The van der Waals surface area contributed by atoms with Crippen LogP contribution in [0.25, 0.3) is 0 Å². The molecule has 1 atom stereocenters. The summed E-state index contributed by atoms with van der Waals surface area (Å²) in [5, 5.41) is -0.558. The Bertz CT molecular complexity index is 504. The molecule has 0 aromatic heterocycles. The van der Waals surface area contributed by atoms with Crippen LogP contribution in [0.2, 0.25) is 5.02 Å². The van der Waals surface area contributed by atoms with Crippen LogP contribution in [0.4, 0.5) is 17.6 Å². The molecule has 1 aromatic carbocycles. The van der Waals surface area contributed by atoms with Crippen molar-refractivity contribution in [3.63, 3.8) is 0 Å². The molecule has 0 N–H and O–H groups in total. The molecule has 0 spiro atoms. The van der Waals surface area contributed by atoms with Gasteiger partial charge in [0.1, 0.15) is 5.82 Å². The van der Waals surface area contributed by atoms with Gasteiger partial charge in [0, 0.05) is 12.7 Å². The van der Waals surface area contributed by atoms with Gasteiger partial charge in [-0.05, 0) is 19.1 Å². The van der Waals surface area contributed by atoms with Crippen LogP contribution >= 0.6 is 11.6 Å². The third-order valence-corrected chi connectivity index (χ3v) is 2.88. The summed E-state index contributed by atoms with van der Waals surface area (Å²) in [5.41, 5.74) is -4.00. The molecule has 112 valence electrons. The highest BCUT2D eigenvalue weighted by Crippen LogP contribution is 2.43. The second kappa shape index (κ2) is 5.97. The van der Waals surface area contributed by atoms with E-state index in [-0.39, 0.29) is 6.61 Å². The summed E-state index contributed by atoms with van der Waals surface area (Å²) in [5.74, 6) is -2.55. The van der Waals surface area contributed by atoms with Crippen LogP contribution in [0.15, 0.2) is 18.2 Å². The first-order chi connectivity index (χ1) is 9.20. The van der Waals surface area contributed by atoms with Gasteiger partial charge in [0.2, 0.25) is 0 Å². The Hall–Kier alpha value is -1.34.